The first-order valence-electron chi connectivity index (χ1n) is 9.47. The number of nitrogens with zero attached hydrogens (tertiary/aromatic N) is 2. The first-order chi connectivity index (χ1) is 12.4. The van der Waals surface area contributed by atoms with Gasteiger partial charge in [0.05, 0.1) is 4.90 Å². The number of carbonyl (C=O) groups is 1. The van der Waals surface area contributed by atoms with Crippen LogP contribution in [0.15, 0.2) is 29.2 Å². The number of carbonyl (C=O) groups excluding carboxylic acids is 1. The number of sulfonamides is 1. The molecule has 2 saturated carbocycles. The average molecular weight is 380 g/mol. The van der Waals surface area contributed by atoms with Gasteiger partial charge in [0.15, 0.2) is 0 Å². The van der Waals surface area contributed by atoms with E-state index in [0.717, 1.165) is 17.9 Å². The molecule has 7 heteroatoms. The number of fused-ring (bicyclic) bond motifs is 2. The van der Waals surface area contributed by atoms with Crippen LogP contribution in [0.1, 0.15) is 32.1 Å². The van der Waals surface area contributed by atoms with Crippen molar-refractivity contribution in [1.82, 2.24) is 9.21 Å². The fourth-order valence-corrected chi connectivity index (χ4v) is 6.39. The van der Waals surface area contributed by atoms with Crippen LogP contribution in [0.5, 0.6) is 0 Å². The van der Waals surface area contributed by atoms with E-state index in [0.29, 0.717) is 25.4 Å². The molecule has 0 unspecified atom stereocenters. The summed E-state index contributed by atoms with van der Waals surface area (Å²) < 4.78 is 40.0. The predicted molar refractivity (Wildman–Crippen MR) is 95.3 cm³/mol. The van der Waals surface area contributed by atoms with Gasteiger partial charge in [-0.2, -0.15) is 4.31 Å². The molecule has 2 bridgehead atoms. The Morgan fingerprint density at radius 1 is 1.12 bits per heavy atom. The maximum atomic E-state index is 13.4. The monoisotopic (exact) mass is 380 g/mol. The van der Waals surface area contributed by atoms with Gasteiger partial charge in [0.25, 0.3) is 0 Å². The van der Waals surface area contributed by atoms with Gasteiger partial charge >= 0.3 is 0 Å². The van der Waals surface area contributed by atoms with E-state index in [4.69, 9.17) is 0 Å². The molecule has 0 aromatic heterocycles. The third kappa shape index (κ3) is 3.39. The van der Waals surface area contributed by atoms with E-state index in [9.17, 15) is 17.6 Å². The van der Waals surface area contributed by atoms with Crippen LogP contribution in [0.4, 0.5) is 4.39 Å². The molecule has 1 saturated heterocycles. The van der Waals surface area contributed by atoms with Gasteiger partial charge in [-0.05, 0) is 55.2 Å². The Morgan fingerprint density at radius 3 is 2.50 bits per heavy atom. The second-order valence-electron chi connectivity index (χ2n) is 7.88. The summed E-state index contributed by atoms with van der Waals surface area (Å²) in [6.45, 7) is 1.35. The lowest BCUT2D eigenvalue weighted by molar-refractivity contribution is -0.133. The van der Waals surface area contributed by atoms with Crippen molar-refractivity contribution < 1.29 is 17.6 Å². The first-order valence-corrected chi connectivity index (χ1v) is 10.9. The molecule has 3 fully saturated rings. The molecule has 4 rings (SSSR count). The Morgan fingerprint density at radius 2 is 1.88 bits per heavy atom. The number of halogens is 1. The van der Waals surface area contributed by atoms with Gasteiger partial charge in [0, 0.05) is 32.6 Å². The van der Waals surface area contributed by atoms with E-state index in [1.54, 1.807) is 4.90 Å². The van der Waals surface area contributed by atoms with E-state index in [-0.39, 0.29) is 23.9 Å². The summed E-state index contributed by atoms with van der Waals surface area (Å²) in [7, 11) is -3.71. The zero-order chi connectivity index (χ0) is 18.3. The van der Waals surface area contributed by atoms with Crippen molar-refractivity contribution >= 4 is 15.9 Å². The molecule has 1 aliphatic heterocycles. The molecule has 1 aromatic rings. The average Bonchev–Trinajstić information content (AvgIpc) is 3.25. The minimum absolute atomic E-state index is 0.0285. The van der Waals surface area contributed by atoms with Gasteiger partial charge in [-0.3, -0.25) is 4.79 Å². The van der Waals surface area contributed by atoms with Gasteiger partial charge in [-0.15, -0.1) is 0 Å². The highest BCUT2D eigenvalue weighted by Crippen LogP contribution is 2.49. The normalized spacial score (nSPS) is 29.3. The van der Waals surface area contributed by atoms with Gasteiger partial charge < -0.3 is 4.90 Å². The molecule has 3 aliphatic rings. The van der Waals surface area contributed by atoms with Crippen molar-refractivity contribution in [2.75, 3.05) is 26.2 Å². The minimum Gasteiger partial charge on any atom is -0.340 e. The molecule has 2 aliphatic carbocycles. The Balaban J connectivity index is 1.34. The zero-order valence-corrected chi connectivity index (χ0v) is 15.6. The highest BCUT2D eigenvalue weighted by molar-refractivity contribution is 7.89. The summed E-state index contributed by atoms with van der Waals surface area (Å²) in [5.74, 6) is 1.66. The number of piperazine rings is 1. The number of hydrogen-bond donors (Lipinski definition) is 0. The Bertz CT molecular complexity index is 790. The summed E-state index contributed by atoms with van der Waals surface area (Å²) in [6, 6.07) is 5.08. The molecule has 1 aromatic carbocycles. The topological polar surface area (TPSA) is 57.7 Å². The smallest absolute Gasteiger partial charge is 0.243 e. The number of amides is 1. The summed E-state index contributed by atoms with van der Waals surface area (Å²) >= 11 is 0. The molecule has 142 valence electrons. The quantitative estimate of drug-likeness (QED) is 0.806. The highest BCUT2D eigenvalue weighted by atomic mass is 32.2. The second-order valence-corrected chi connectivity index (χ2v) is 9.82. The maximum absolute atomic E-state index is 13.4. The molecule has 5 nitrogen and oxygen atoms in total. The zero-order valence-electron chi connectivity index (χ0n) is 14.8. The Kier molecular flexibility index (Phi) is 4.77. The van der Waals surface area contributed by atoms with E-state index >= 15 is 0 Å². The maximum Gasteiger partial charge on any atom is 0.243 e. The first kappa shape index (κ1) is 17.9. The van der Waals surface area contributed by atoms with E-state index < -0.39 is 15.8 Å². The van der Waals surface area contributed by atoms with Crippen LogP contribution in [0.3, 0.4) is 0 Å². The van der Waals surface area contributed by atoms with Gasteiger partial charge in [0.2, 0.25) is 15.9 Å². The summed E-state index contributed by atoms with van der Waals surface area (Å²) in [6.07, 6.45) is 5.67. The molecule has 0 N–H and O–H groups in total. The van der Waals surface area contributed by atoms with Crippen molar-refractivity contribution in [1.29, 1.82) is 0 Å². The van der Waals surface area contributed by atoms with Gasteiger partial charge in [-0.1, -0.05) is 12.5 Å². The molecule has 3 atom stereocenters. The van der Waals surface area contributed by atoms with Crippen LogP contribution < -0.4 is 0 Å². The van der Waals surface area contributed by atoms with Crippen LogP contribution in [0, 0.1) is 23.6 Å². The lowest BCUT2D eigenvalue weighted by Crippen LogP contribution is -2.50. The number of rotatable bonds is 4. The molecule has 1 amide bonds. The lowest BCUT2D eigenvalue weighted by atomic mass is 9.86. The SMILES string of the molecule is O=C(C[C@H]1C[C@H]2CC[C@H]1C2)N1CCN(S(=O)(=O)c2cccc(F)c2)CC1. The molecule has 1 heterocycles. The summed E-state index contributed by atoms with van der Waals surface area (Å²) in [5, 5.41) is 0. The predicted octanol–water partition coefficient (Wildman–Crippen LogP) is 2.48. The van der Waals surface area contributed by atoms with Gasteiger partial charge in [-0.25, -0.2) is 12.8 Å². The van der Waals surface area contributed by atoms with Crippen LogP contribution in [0.2, 0.25) is 0 Å². The molecule has 0 radical (unpaired) electrons. The van der Waals surface area contributed by atoms with Crippen LogP contribution in [0.25, 0.3) is 0 Å². The number of hydrogen-bond acceptors (Lipinski definition) is 3. The van der Waals surface area contributed by atoms with Crippen LogP contribution >= 0.6 is 0 Å². The van der Waals surface area contributed by atoms with E-state index in [1.807, 2.05) is 0 Å². The molecule has 26 heavy (non-hydrogen) atoms. The second kappa shape index (κ2) is 6.93. The third-order valence-electron chi connectivity index (χ3n) is 6.35. The van der Waals surface area contributed by atoms with E-state index in [1.165, 1.54) is 48.2 Å². The molecule has 0 spiro atoms. The Hall–Kier alpha value is -1.47. The van der Waals surface area contributed by atoms with E-state index in [2.05, 4.69) is 0 Å². The van der Waals surface area contributed by atoms with Crippen molar-refractivity contribution in [3.05, 3.63) is 30.1 Å². The van der Waals surface area contributed by atoms with Crippen molar-refractivity contribution in [3.63, 3.8) is 0 Å². The summed E-state index contributed by atoms with van der Waals surface area (Å²) in [5.41, 5.74) is 0. The Labute approximate surface area is 154 Å². The van der Waals surface area contributed by atoms with Crippen molar-refractivity contribution in [2.24, 2.45) is 17.8 Å². The standard InChI is InChI=1S/C19H25FN2O3S/c20-17-2-1-3-18(13-17)26(24,25)22-8-6-21(7-9-22)19(23)12-16-11-14-4-5-15(16)10-14/h1-3,13-16H,4-12H2/t14-,15-,16+/m0/s1. The van der Waals surface area contributed by atoms with Crippen LogP contribution in [-0.4, -0.2) is 49.7 Å². The fraction of sp³-hybridized carbons (Fsp3) is 0.632. The van der Waals surface area contributed by atoms with Crippen LogP contribution in [-0.2, 0) is 14.8 Å². The molecular formula is C19H25FN2O3S. The van der Waals surface area contributed by atoms with Crippen molar-refractivity contribution in [3.8, 4) is 0 Å². The third-order valence-corrected chi connectivity index (χ3v) is 8.24. The van der Waals surface area contributed by atoms with Gasteiger partial charge in [0.1, 0.15) is 5.82 Å². The largest absolute Gasteiger partial charge is 0.340 e. The fourth-order valence-electron chi connectivity index (χ4n) is 4.93. The van der Waals surface area contributed by atoms with Crippen molar-refractivity contribution in [2.45, 2.75) is 37.0 Å². The molecular weight excluding hydrogens is 355 g/mol. The highest BCUT2D eigenvalue weighted by Gasteiger charge is 2.41. The minimum atomic E-state index is -3.71. The summed E-state index contributed by atoms with van der Waals surface area (Å²) in [4.78, 5) is 14.4. The number of benzene rings is 1. The lowest BCUT2D eigenvalue weighted by Gasteiger charge is -2.35.